The Kier molecular flexibility index (Phi) is 2.85. The maximum atomic E-state index is 6.24. The van der Waals surface area contributed by atoms with Gasteiger partial charge < -0.3 is 9.64 Å². The van der Waals surface area contributed by atoms with Gasteiger partial charge in [-0.2, -0.15) is 0 Å². The van der Waals surface area contributed by atoms with Crippen molar-refractivity contribution in [1.82, 2.24) is 0 Å². The molecule has 2 heterocycles. The van der Waals surface area contributed by atoms with Gasteiger partial charge in [0, 0.05) is 36.8 Å². The summed E-state index contributed by atoms with van der Waals surface area (Å²) < 4.78 is 6.05. The van der Waals surface area contributed by atoms with Crippen LogP contribution < -0.4 is 9.64 Å². The highest BCUT2D eigenvalue weighted by molar-refractivity contribution is 6.32. The molecular weight excluding hydrogens is 270 g/mol. The Morgan fingerprint density at radius 3 is 2.70 bits per heavy atom. The Morgan fingerprint density at radius 1 is 1.00 bits per heavy atom. The molecule has 0 N–H and O–H groups in total. The van der Waals surface area contributed by atoms with Crippen LogP contribution in [0.25, 0.3) is 0 Å². The summed E-state index contributed by atoms with van der Waals surface area (Å²) in [4.78, 5) is 2.42. The number of rotatable bonds is 1. The van der Waals surface area contributed by atoms with E-state index >= 15 is 0 Å². The summed E-state index contributed by atoms with van der Waals surface area (Å²) in [5.41, 5.74) is 3.67. The maximum absolute atomic E-state index is 6.24. The van der Waals surface area contributed by atoms with Crippen LogP contribution in [0, 0.1) is 0 Å². The Labute approximate surface area is 123 Å². The molecule has 0 unspecified atom stereocenters. The van der Waals surface area contributed by atoms with E-state index in [0.29, 0.717) is 5.02 Å². The normalized spacial score (nSPS) is 16.6. The van der Waals surface area contributed by atoms with E-state index in [-0.39, 0.29) is 0 Å². The van der Waals surface area contributed by atoms with Gasteiger partial charge in [-0.15, -0.1) is 0 Å². The minimum Gasteiger partial charge on any atom is -0.455 e. The van der Waals surface area contributed by atoms with Gasteiger partial charge in [0.15, 0.2) is 0 Å². The fraction of sp³-hybridized carbons (Fsp3) is 0.294. The van der Waals surface area contributed by atoms with Gasteiger partial charge >= 0.3 is 0 Å². The Balaban J connectivity index is 1.72. The van der Waals surface area contributed by atoms with E-state index in [1.165, 1.54) is 29.7 Å². The number of hydrogen-bond acceptors (Lipinski definition) is 2. The molecule has 3 heteroatoms. The van der Waals surface area contributed by atoms with Crippen molar-refractivity contribution in [2.24, 2.45) is 0 Å². The van der Waals surface area contributed by atoms with E-state index in [0.717, 1.165) is 31.0 Å². The van der Waals surface area contributed by atoms with Crippen molar-refractivity contribution in [2.45, 2.75) is 19.3 Å². The van der Waals surface area contributed by atoms with Crippen molar-refractivity contribution in [2.75, 3.05) is 18.0 Å². The van der Waals surface area contributed by atoms with Gasteiger partial charge in [0.05, 0.1) is 5.02 Å². The van der Waals surface area contributed by atoms with Crippen LogP contribution in [0.3, 0.4) is 0 Å². The molecule has 2 aromatic carbocycles. The molecule has 0 bridgehead atoms. The van der Waals surface area contributed by atoms with Gasteiger partial charge in [-0.3, -0.25) is 0 Å². The SMILES string of the molecule is Clc1cccc2c1Oc1cc(N3CCCC3)ccc1C2. The van der Waals surface area contributed by atoms with Gasteiger partial charge in [-0.25, -0.2) is 0 Å². The number of benzene rings is 2. The van der Waals surface area contributed by atoms with E-state index in [1.807, 2.05) is 12.1 Å². The summed E-state index contributed by atoms with van der Waals surface area (Å²) in [6, 6.07) is 12.5. The molecule has 0 saturated carbocycles. The fourth-order valence-corrected chi connectivity index (χ4v) is 3.31. The smallest absolute Gasteiger partial charge is 0.149 e. The van der Waals surface area contributed by atoms with Gasteiger partial charge in [-0.05, 0) is 30.5 Å². The van der Waals surface area contributed by atoms with Crippen molar-refractivity contribution in [1.29, 1.82) is 0 Å². The molecule has 20 heavy (non-hydrogen) atoms. The fourth-order valence-electron chi connectivity index (χ4n) is 3.08. The van der Waals surface area contributed by atoms with Gasteiger partial charge in [0.2, 0.25) is 0 Å². The standard InChI is InChI=1S/C17H16ClNO/c18-15-5-3-4-13-10-12-6-7-14(19-8-1-2-9-19)11-16(12)20-17(13)15/h3-7,11H,1-2,8-10H2. The summed E-state index contributed by atoms with van der Waals surface area (Å²) in [5.74, 6) is 1.77. The van der Waals surface area contributed by atoms with Crippen molar-refractivity contribution < 1.29 is 4.74 Å². The molecule has 2 aromatic rings. The minimum atomic E-state index is 0.694. The summed E-state index contributed by atoms with van der Waals surface area (Å²) in [7, 11) is 0. The van der Waals surface area contributed by atoms with Gasteiger partial charge in [0.25, 0.3) is 0 Å². The zero-order chi connectivity index (χ0) is 13.5. The largest absolute Gasteiger partial charge is 0.455 e. The number of hydrogen-bond donors (Lipinski definition) is 0. The van der Waals surface area contributed by atoms with Gasteiger partial charge in [-0.1, -0.05) is 29.8 Å². The summed E-state index contributed by atoms with van der Waals surface area (Å²) >= 11 is 6.24. The summed E-state index contributed by atoms with van der Waals surface area (Å²) in [5, 5.41) is 0.694. The second kappa shape index (κ2) is 4.71. The second-order valence-electron chi connectivity index (χ2n) is 5.49. The lowest BCUT2D eigenvalue weighted by molar-refractivity contribution is 0.460. The number of nitrogens with zero attached hydrogens (tertiary/aromatic N) is 1. The molecule has 2 nitrogen and oxygen atoms in total. The first kappa shape index (κ1) is 12.1. The zero-order valence-corrected chi connectivity index (χ0v) is 12.0. The number of anilines is 1. The Morgan fingerprint density at radius 2 is 1.85 bits per heavy atom. The second-order valence-corrected chi connectivity index (χ2v) is 5.90. The third-order valence-electron chi connectivity index (χ3n) is 4.16. The quantitative estimate of drug-likeness (QED) is 0.646. The van der Waals surface area contributed by atoms with Crippen LogP contribution in [0.1, 0.15) is 24.0 Å². The molecule has 1 fully saturated rings. The average Bonchev–Trinajstić information content (AvgIpc) is 3.00. The lowest BCUT2D eigenvalue weighted by Crippen LogP contribution is -2.17. The van der Waals surface area contributed by atoms with Gasteiger partial charge in [0.1, 0.15) is 11.5 Å². The van der Waals surface area contributed by atoms with E-state index < -0.39 is 0 Å². The first-order valence-corrected chi connectivity index (χ1v) is 7.52. The zero-order valence-electron chi connectivity index (χ0n) is 11.2. The number of para-hydroxylation sites is 1. The highest BCUT2D eigenvalue weighted by Crippen LogP contribution is 2.42. The molecule has 0 radical (unpaired) electrons. The molecule has 0 spiro atoms. The minimum absolute atomic E-state index is 0.694. The molecule has 2 aliphatic heterocycles. The number of fused-ring (bicyclic) bond motifs is 2. The predicted molar refractivity (Wildman–Crippen MR) is 82.2 cm³/mol. The van der Waals surface area contributed by atoms with E-state index in [1.54, 1.807) is 0 Å². The lowest BCUT2D eigenvalue weighted by Gasteiger charge is -2.24. The monoisotopic (exact) mass is 285 g/mol. The van der Waals surface area contributed by atoms with Crippen molar-refractivity contribution in [3.8, 4) is 11.5 Å². The number of halogens is 1. The van der Waals surface area contributed by atoms with Crippen LogP contribution in [0.2, 0.25) is 5.02 Å². The number of ether oxygens (including phenoxy) is 1. The molecule has 102 valence electrons. The van der Waals surface area contributed by atoms with E-state index in [9.17, 15) is 0 Å². The lowest BCUT2D eigenvalue weighted by atomic mass is 10.00. The highest BCUT2D eigenvalue weighted by Gasteiger charge is 2.21. The Bertz CT molecular complexity index is 662. The maximum Gasteiger partial charge on any atom is 0.149 e. The van der Waals surface area contributed by atoms with Crippen LogP contribution >= 0.6 is 11.6 Å². The molecule has 0 aliphatic carbocycles. The average molecular weight is 286 g/mol. The predicted octanol–water partition coefficient (Wildman–Crippen LogP) is 4.64. The van der Waals surface area contributed by atoms with Crippen LogP contribution in [0.4, 0.5) is 5.69 Å². The molecule has 0 amide bonds. The van der Waals surface area contributed by atoms with E-state index in [4.69, 9.17) is 16.3 Å². The molecule has 0 atom stereocenters. The topological polar surface area (TPSA) is 12.5 Å². The van der Waals surface area contributed by atoms with Crippen molar-refractivity contribution in [3.63, 3.8) is 0 Å². The van der Waals surface area contributed by atoms with Crippen LogP contribution in [0.15, 0.2) is 36.4 Å². The summed E-state index contributed by atoms with van der Waals surface area (Å²) in [6.45, 7) is 2.30. The highest BCUT2D eigenvalue weighted by atomic mass is 35.5. The molecule has 1 saturated heterocycles. The third kappa shape index (κ3) is 1.95. The van der Waals surface area contributed by atoms with Crippen LogP contribution in [-0.4, -0.2) is 13.1 Å². The van der Waals surface area contributed by atoms with Crippen molar-refractivity contribution >= 4 is 17.3 Å². The molecule has 2 aliphatic rings. The third-order valence-corrected chi connectivity index (χ3v) is 4.46. The first-order valence-electron chi connectivity index (χ1n) is 7.14. The molecule has 0 aromatic heterocycles. The van der Waals surface area contributed by atoms with E-state index in [2.05, 4.69) is 29.2 Å². The Hall–Kier alpha value is -1.67. The summed E-state index contributed by atoms with van der Waals surface area (Å²) in [6.07, 6.45) is 3.46. The molecular formula is C17H16ClNO. The molecule has 4 rings (SSSR count). The van der Waals surface area contributed by atoms with Crippen LogP contribution in [0.5, 0.6) is 11.5 Å². The van der Waals surface area contributed by atoms with Crippen molar-refractivity contribution in [3.05, 3.63) is 52.5 Å². The van der Waals surface area contributed by atoms with Crippen LogP contribution in [-0.2, 0) is 6.42 Å². The first-order chi connectivity index (χ1) is 9.81.